The van der Waals surface area contributed by atoms with Crippen LogP contribution in [-0.4, -0.2) is 30.9 Å². The van der Waals surface area contributed by atoms with Crippen LogP contribution in [0.25, 0.3) is 0 Å². The van der Waals surface area contributed by atoms with Gasteiger partial charge in [0.15, 0.2) is 6.29 Å². The molecule has 2 atom stereocenters. The van der Waals surface area contributed by atoms with Crippen LogP contribution in [0, 0.1) is 0 Å². The summed E-state index contributed by atoms with van der Waals surface area (Å²) < 4.78 is 5.02. The van der Waals surface area contributed by atoms with Crippen LogP contribution in [0.4, 0.5) is 0 Å². The van der Waals surface area contributed by atoms with Crippen molar-refractivity contribution < 1.29 is 14.3 Å². The molecule has 1 unspecified atom stereocenters. The van der Waals surface area contributed by atoms with Crippen LogP contribution in [0.5, 0.6) is 0 Å². The summed E-state index contributed by atoms with van der Waals surface area (Å²) in [4.78, 5) is 20.9. The van der Waals surface area contributed by atoms with Crippen LogP contribution in [-0.2, 0) is 14.3 Å². The number of rotatable bonds is 3. The summed E-state index contributed by atoms with van der Waals surface area (Å²) in [5, 5.41) is 2.97. The smallest absolute Gasteiger partial charge is 0.225 e. The number of carbonyl (C=O) groups excluding carboxylic acids is 2. The van der Waals surface area contributed by atoms with Crippen molar-refractivity contribution >= 4 is 12.1 Å². The van der Waals surface area contributed by atoms with Crippen LogP contribution in [0.2, 0.25) is 0 Å². The third-order valence-corrected chi connectivity index (χ3v) is 1.81. The van der Waals surface area contributed by atoms with E-state index in [1.807, 2.05) is 6.92 Å². The Bertz CT molecular complexity index is 169. The maximum Gasteiger partial charge on any atom is 0.225 e. The van der Waals surface area contributed by atoms with Gasteiger partial charge in [0.25, 0.3) is 0 Å². The van der Waals surface area contributed by atoms with E-state index in [0.29, 0.717) is 13.0 Å². The van der Waals surface area contributed by atoms with E-state index in [4.69, 9.17) is 4.74 Å². The zero-order valence-corrected chi connectivity index (χ0v) is 6.37. The first-order valence-corrected chi connectivity index (χ1v) is 3.63. The monoisotopic (exact) mass is 157 g/mol. The third kappa shape index (κ3) is 1.64. The molecule has 11 heavy (non-hydrogen) atoms. The number of Topliss-reactive ketones (excluding diaryl/α,β-unsaturated/α-hetero) is 1. The van der Waals surface area contributed by atoms with Gasteiger partial charge in [-0.1, -0.05) is 6.92 Å². The Morgan fingerprint density at radius 1 is 1.82 bits per heavy atom. The van der Waals surface area contributed by atoms with E-state index in [2.05, 4.69) is 5.32 Å². The molecule has 4 heteroatoms. The van der Waals surface area contributed by atoms with Crippen molar-refractivity contribution in [1.82, 2.24) is 5.32 Å². The summed E-state index contributed by atoms with van der Waals surface area (Å²) in [5.74, 6) is -0.471. The van der Waals surface area contributed by atoms with Crippen LogP contribution >= 0.6 is 0 Å². The Labute approximate surface area is 64.9 Å². The van der Waals surface area contributed by atoms with Gasteiger partial charge in [-0.15, -0.1) is 0 Å². The van der Waals surface area contributed by atoms with Crippen molar-refractivity contribution in [2.75, 3.05) is 6.73 Å². The molecule has 0 amide bonds. The van der Waals surface area contributed by atoms with Gasteiger partial charge in [0.1, 0.15) is 6.10 Å². The molecule has 0 saturated carbocycles. The fourth-order valence-electron chi connectivity index (χ4n) is 1.17. The molecule has 0 aliphatic carbocycles. The maximum atomic E-state index is 10.9. The van der Waals surface area contributed by atoms with Crippen LogP contribution in [0.1, 0.15) is 13.3 Å². The van der Waals surface area contributed by atoms with Gasteiger partial charge in [0.2, 0.25) is 5.78 Å². The lowest BCUT2D eigenvalue weighted by Crippen LogP contribution is -2.36. The lowest BCUT2D eigenvalue weighted by molar-refractivity contribution is -0.136. The highest BCUT2D eigenvalue weighted by molar-refractivity contribution is 6.27. The maximum absolute atomic E-state index is 10.9. The van der Waals surface area contributed by atoms with Crippen molar-refractivity contribution in [3.63, 3.8) is 0 Å². The van der Waals surface area contributed by atoms with Crippen molar-refractivity contribution in [3.8, 4) is 0 Å². The van der Waals surface area contributed by atoms with E-state index in [1.54, 1.807) is 0 Å². The Morgan fingerprint density at radius 2 is 2.55 bits per heavy atom. The van der Waals surface area contributed by atoms with E-state index in [-0.39, 0.29) is 6.04 Å². The summed E-state index contributed by atoms with van der Waals surface area (Å²) in [5.41, 5.74) is 0. The highest BCUT2D eigenvalue weighted by atomic mass is 16.5. The van der Waals surface area contributed by atoms with Gasteiger partial charge in [-0.25, -0.2) is 0 Å². The van der Waals surface area contributed by atoms with Crippen LogP contribution < -0.4 is 5.32 Å². The zero-order valence-electron chi connectivity index (χ0n) is 6.37. The Kier molecular flexibility index (Phi) is 2.73. The van der Waals surface area contributed by atoms with Gasteiger partial charge in [-0.3, -0.25) is 14.9 Å². The zero-order chi connectivity index (χ0) is 8.27. The number of hydrogen-bond acceptors (Lipinski definition) is 4. The van der Waals surface area contributed by atoms with E-state index in [0.717, 1.165) is 6.42 Å². The Morgan fingerprint density at radius 3 is 3.09 bits per heavy atom. The van der Waals surface area contributed by atoms with Gasteiger partial charge < -0.3 is 4.74 Å². The first-order valence-electron chi connectivity index (χ1n) is 3.63. The molecule has 0 spiro atoms. The van der Waals surface area contributed by atoms with E-state index in [9.17, 15) is 9.59 Å². The average Bonchev–Trinajstić information content (AvgIpc) is 2.50. The van der Waals surface area contributed by atoms with Crippen molar-refractivity contribution in [2.24, 2.45) is 0 Å². The van der Waals surface area contributed by atoms with Gasteiger partial charge in [-0.2, -0.15) is 0 Å². The van der Waals surface area contributed by atoms with Gasteiger partial charge in [0.05, 0.1) is 6.73 Å². The highest BCUT2D eigenvalue weighted by Crippen LogP contribution is 2.09. The molecule has 1 rings (SSSR count). The molecule has 0 radical (unpaired) electrons. The normalized spacial score (nSPS) is 30.3. The second-order valence-electron chi connectivity index (χ2n) is 2.47. The molecular weight excluding hydrogens is 146 g/mol. The van der Waals surface area contributed by atoms with Crippen molar-refractivity contribution in [3.05, 3.63) is 0 Å². The molecule has 1 aliphatic rings. The number of carbonyl (C=O) groups is 2. The molecule has 4 nitrogen and oxygen atoms in total. The lowest BCUT2D eigenvalue weighted by Gasteiger charge is -2.11. The van der Waals surface area contributed by atoms with Gasteiger partial charge >= 0.3 is 0 Å². The minimum absolute atomic E-state index is 0.00713. The number of aldehydes is 1. The minimum Gasteiger partial charge on any atom is -0.353 e. The Hall–Kier alpha value is -0.740. The van der Waals surface area contributed by atoms with Crippen LogP contribution in [0.3, 0.4) is 0 Å². The van der Waals surface area contributed by atoms with Crippen molar-refractivity contribution in [1.29, 1.82) is 0 Å². The number of nitrogens with one attached hydrogen (secondary N) is 1. The minimum atomic E-state index is -0.558. The summed E-state index contributed by atoms with van der Waals surface area (Å²) in [6.07, 6.45) is 0.558. The fraction of sp³-hybridized carbons (Fsp3) is 0.714. The largest absolute Gasteiger partial charge is 0.353 e. The topological polar surface area (TPSA) is 55.4 Å². The molecule has 0 aromatic carbocycles. The quantitative estimate of drug-likeness (QED) is 0.442. The first kappa shape index (κ1) is 8.36. The Balaban J connectivity index is 2.55. The summed E-state index contributed by atoms with van der Waals surface area (Å²) in [7, 11) is 0. The SMILES string of the molecule is CC[C@@H]1NCOC1C(=O)C=O. The number of hydrogen-bond donors (Lipinski definition) is 1. The summed E-state index contributed by atoms with van der Waals surface area (Å²) in [6.45, 7) is 2.31. The van der Waals surface area contributed by atoms with E-state index in [1.165, 1.54) is 0 Å². The van der Waals surface area contributed by atoms with Crippen LogP contribution in [0.15, 0.2) is 0 Å². The molecule has 1 heterocycles. The molecule has 1 N–H and O–H groups in total. The van der Waals surface area contributed by atoms with E-state index >= 15 is 0 Å². The molecule has 1 aliphatic heterocycles. The van der Waals surface area contributed by atoms with Crippen molar-refractivity contribution in [2.45, 2.75) is 25.5 Å². The van der Waals surface area contributed by atoms with E-state index < -0.39 is 11.9 Å². The fourth-order valence-corrected chi connectivity index (χ4v) is 1.17. The second-order valence-corrected chi connectivity index (χ2v) is 2.47. The predicted molar refractivity (Wildman–Crippen MR) is 38.0 cm³/mol. The molecule has 0 aromatic heterocycles. The number of ketones is 1. The lowest BCUT2D eigenvalue weighted by atomic mass is 10.1. The summed E-state index contributed by atoms with van der Waals surface area (Å²) >= 11 is 0. The second kappa shape index (κ2) is 3.59. The average molecular weight is 157 g/mol. The molecule has 1 saturated heterocycles. The molecule has 1 fully saturated rings. The third-order valence-electron chi connectivity index (χ3n) is 1.81. The van der Waals surface area contributed by atoms with Gasteiger partial charge in [0, 0.05) is 6.04 Å². The molecule has 62 valence electrons. The molecule has 0 aromatic rings. The molecule has 0 bridgehead atoms. The predicted octanol–water partition coefficient (Wildman–Crippen LogP) is -0.521. The standard InChI is InChI=1S/C7H11NO3/c1-2-5-7(6(10)3-9)11-4-8-5/h3,5,7-8H,2,4H2,1H3/t5-,7?/m0/s1. The highest BCUT2D eigenvalue weighted by Gasteiger charge is 2.31. The first-order chi connectivity index (χ1) is 5.29. The van der Waals surface area contributed by atoms with Gasteiger partial charge in [-0.05, 0) is 6.42 Å². The number of ether oxygens (including phenoxy) is 1. The summed E-state index contributed by atoms with van der Waals surface area (Å²) in [6, 6.07) is 0.00713. The molecular formula is C7H11NO3.